The van der Waals surface area contributed by atoms with Crippen LogP contribution >= 0.6 is 0 Å². The van der Waals surface area contributed by atoms with Gasteiger partial charge in [0.25, 0.3) is 0 Å². The lowest BCUT2D eigenvalue weighted by Gasteiger charge is -2.25. The van der Waals surface area contributed by atoms with Crippen LogP contribution in [-0.4, -0.2) is 9.04 Å². The Bertz CT molecular complexity index is 653. The zero-order valence-corrected chi connectivity index (χ0v) is 16.6. The van der Waals surface area contributed by atoms with Gasteiger partial charge in [0.15, 0.2) is 0 Å². The molecular formula is C22H29OSi. The highest BCUT2D eigenvalue weighted by Crippen LogP contribution is 2.27. The van der Waals surface area contributed by atoms with Crippen molar-refractivity contribution in [2.24, 2.45) is 5.41 Å². The van der Waals surface area contributed by atoms with Gasteiger partial charge in [-0.3, -0.25) is 0 Å². The summed E-state index contributed by atoms with van der Waals surface area (Å²) in [5.41, 5.74) is 4.95. The van der Waals surface area contributed by atoms with Crippen LogP contribution < -0.4 is 0 Å². The molecule has 127 valence electrons. The van der Waals surface area contributed by atoms with Crippen LogP contribution in [0.3, 0.4) is 0 Å². The molecule has 0 aliphatic carbocycles. The zero-order chi connectivity index (χ0) is 17.7. The van der Waals surface area contributed by atoms with Gasteiger partial charge in [-0.1, -0.05) is 81.9 Å². The van der Waals surface area contributed by atoms with E-state index < -0.39 is 9.04 Å². The molecule has 0 bridgehead atoms. The molecule has 0 aliphatic rings. The van der Waals surface area contributed by atoms with Gasteiger partial charge >= 0.3 is 0 Å². The molecule has 0 spiro atoms. The molecule has 1 radical (unpaired) electrons. The molecular weight excluding hydrogens is 308 g/mol. The predicted octanol–water partition coefficient (Wildman–Crippen LogP) is 6.49. The molecule has 0 aromatic heterocycles. The van der Waals surface area contributed by atoms with Crippen LogP contribution in [0.1, 0.15) is 50.5 Å². The fourth-order valence-corrected chi connectivity index (χ4v) is 5.24. The molecule has 2 aromatic carbocycles. The Labute approximate surface area is 149 Å². The summed E-state index contributed by atoms with van der Waals surface area (Å²) < 4.78 is 6.28. The van der Waals surface area contributed by atoms with Crippen molar-refractivity contribution in [1.82, 2.24) is 0 Å². The number of benzene rings is 2. The second-order valence-corrected chi connectivity index (χ2v) is 9.66. The van der Waals surface area contributed by atoms with E-state index in [4.69, 9.17) is 4.43 Å². The molecule has 0 saturated heterocycles. The third-order valence-corrected chi connectivity index (χ3v) is 6.32. The Morgan fingerprint density at radius 3 is 2.08 bits per heavy atom. The minimum Gasteiger partial charge on any atom is -0.410 e. The van der Waals surface area contributed by atoms with Gasteiger partial charge in [-0.05, 0) is 47.2 Å². The van der Waals surface area contributed by atoms with Crippen molar-refractivity contribution in [3.8, 4) is 0 Å². The van der Waals surface area contributed by atoms with E-state index in [0.29, 0.717) is 5.41 Å². The van der Waals surface area contributed by atoms with Gasteiger partial charge in [0.2, 0.25) is 9.04 Å². The molecule has 24 heavy (non-hydrogen) atoms. The van der Waals surface area contributed by atoms with Crippen LogP contribution in [0.2, 0.25) is 12.6 Å². The van der Waals surface area contributed by atoms with Gasteiger partial charge in [0.05, 0.1) is 6.10 Å². The predicted molar refractivity (Wildman–Crippen MR) is 106 cm³/mol. The van der Waals surface area contributed by atoms with Crippen molar-refractivity contribution in [3.63, 3.8) is 0 Å². The molecule has 1 nitrogen and oxygen atoms in total. The average Bonchev–Trinajstić information content (AvgIpc) is 2.53. The summed E-state index contributed by atoms with van der Waals surface area (Å²) in [6.07, 6.45) is 0.144. The quantitative estimate of drug-likeness (QED) is 0.547. The van der Waals surface area contributed by atoms with E-state index in [0.717, 1.165) is 17.2 Å². The van der Waals surface area contributed by atoms with Crippen LogP contribution in [0.25, 0.3) is 5.57 Å². The van der Waals surface area contributed by atoms with E-state index in [1.165, 1.54) is 11.1 Å². The average molecular weight is 338 g/mol. The van der Waals surface area contributed by atoms with Crippen molar-refractivity contribution in [2.45, 2.75) is 46.4 Å². The molecule has 0 fully saturated rings. The topological polar surface area (TPSA) is 9.23 Å². The molecule has 2 heteroatoms. The Balaban J connectivity index is 2.02. The maximum absolute atomic E-state index is 6.28. The van der Waals surface area contributed by atoms with E-state index in [-0.39, 0.29) is 6.10 Å². The lowest BCUT2D eigenvalue weighted by atomic mass is 9.98. The van der Waals surface area contributed by atoms with Crippen molar-refractivity contribution >= 4 is 14.6 Å². The van der Waals surface area contributed by atoms with Gasteiger partial charge < -0.3 is 4.43 Å². The third kappa shape index (κ3) is 5.47. The summed E-state index contributed by atoms with van der Waals surface area (Å²) in [5.74, 6) is 0. The van der Waals surface area contributed by atoms with Gasteiger partial charge in [0.1, 0.15) is 0 Å². The second kappa shape index (κ2) is 7.95. The molecule has 0 amide bonds. The maximum atomic E-state index is 6.28. The van der Waals surface area contributed by atoms with Crippen molar-refractivity contribution in [2.75, 3.05) is 0 Å². The van der Waals surface area contributed by atoms with Crippen LogP contribution in [-0.2, 0) is 4.43 Å². The Hall–Kier alpha value is -1.64. The third-order valence-electron chi connectivity index (χ3n) is 4.01. The highest BCUT2D eigenvalue weighted by Gasteiger charge is 2.20. The molecule has 0 heterocycles. The lowest BCUT2D eigenvalue weighted by Crippen LogP contribution is -2.22. The standard InChI is InChI=1S/C22H29OSi/c1-17(19-10-8-7-9-11-19)20-12-14-21(15-13-20)18(2)23-24(6)16-22(3,4)5/h7-15,18H,1,16H2,2-6H3. The van der Waals surface area contributed by atoms with Gasteiger partial charge in [0, 0.05) is 0 Å². The van der Waals surface area contributed by atoms with Crippen LogP contribution in [0.5, 0.6) is 0 Å². The van der Waals surface area contributed by atoms with Gasteiger partial charge in [-0.15, -0.1) is 0 Å². The molecule has 0 N–H and O–H groups in total. The smallest absolute Gasteiger partial charge is 0.209 e. The summed E-state index contributed by atoms with van der Waals surface area (Å²) in [5, 5.41) is 0. The zero-order valence-electron chi connectivity index (χ0n) is 15.6. The first-order valence-electron chi connectivity index (χ1n) is 8.60. The first kappa shape index (κ1) is 18.7. The van der Waals surface area contributed by atoms with Crippen LogP contribution in [0, 0.1) is 5.41 Å². The number of hydrogen-bond donors (Lipinski definition) is 0. The SMILES string of the molecule is C=C(c1ccccc1)c1ccc(C(C)O[Si](C)CC(C)(C)C)cc1. The summed E-state index contributed by atoms with van der Waals surface area (Å²) >= 11 is 0. The van der Waals surface area contributed by atoms with Gasteiger partial charge in [-0.25, -0.2) is 0 Å². The Morgan fingerprint density at radius 2 is 1.54 bits per heavy atom. The lowest BCUT2D eigenvalue weighted by molar-refractivity contribution is 0.221. The van der Waals surface area contributed by atoms with Crippen molar-refractivity contribution in [3.05, 3.63) is 77.9 Å². The van der Waals surface area contributed by atoms with Crippen LogP contribution in [0.4, 0.5) is 0 Å². The minimum atomic E-state index is -0.779. The van der Waals surface area contributed by atoms with E-state index >= 15 is 0 Å². The van der Waals surface area contributed by atoms with Crippen LogP contribution in [0.15, 0.2) is 61.2 Å². The second-order valence-electron chi connectivity index (χ2n) is 7.67. The Morgan fingerprint density at radius 1 is 1.00 bits per heavy atom. The normalized spacial score (nSPS) is 13.1. The summed E-state index contributed by atoms with van der Waals surface area (Å²) in [6, 6.07) is 20.1. The monoisotopic (exact) mass is 337 g/mol. The molecule has 2 rings (SSSR count). The fraction of sp³-hybridized carbons (Fsp3) is 0.364. The summed E-state index contributed by atoms with van der Waals surface area (Å²) in [4.78, 5) is 0. The number of hydrogen-bond acceptors (Lipinski definition) is 1. The van der Waals surface area contributed by atoms with Crippen molar-refractivity contribution < 1.29 is 4.43 Å². The minimum absolute atomic E-state index is 0.144. The fourth-order valence-electron chi connectivity index (χ4n) is 2.92. The molecule has 0 saturated carbocycles. The summed E-state index contributed by atoms with van der Waals surface area (Å²) in [6.45, 7) is 15.5. The van der Waals surface area contributed by atoms with Crippen molar-refractivity contribution in [1.29, 1.82) is 0 Å². The molecule has 1 atom stereocenters. The van der Waals surface area contributed by atoms with E-state index in [1.807, 2.05) is 18.2 Å². The summed E-state index contributed by atoms with van der Waals surface area (Å²) in [7, 11) is -0.779. The highest BCUT2D eigenvalue weighted by atomic mass is 28.3. The first-order valence-corrected chi connectivity index (χ1v) is 10.7. The Kier molecular flexibility index (Phi) is 6.19. The molecule has 0 aliphatic heterocycles. The van der Waals surface area contributed by atoms with E-state index in [2.05, 4.69) is 77.2 Å². The van der Waals surface area contributed by atoms with E-state index in [9.17, 15) is 0 Å². The highest BCUT2D eigenvalue weighted by molar-refractivity contribution is 6.50. The van der Waals surface area contributed by atoms with Gasteiger partial charge in [-0.2, -0.15) is 0 Å². The molecule has 1 unspecified atom stereocenters. The van der Waals surface area contributed by atoms with E-state index in [1.54, 1.807) is 0 Å². The first-order chi connectivity index (χ1) is 11.3. The number of rotatable bonds is 6. The maximum Gasteiger partial charge on any atom is 0.209 e. The molecule has 2 aromatic rings. The largest absolute Gasteiger partial charge is 0.410 e.